The molecule has 1 atom stereocenters. The van der Waals surface area contributed by atoms with E-state index >= 15 is 0 Å². The van der Waals surface area contributed by atoms with Gasteiger partial charge in [-0.1, -0.05) is 17.4 Å². The summed E-state index contributed by atoms with van der Waals surface area (Å²) in [6, 6.07) is 5.34. The summed E-state index contributed by atoms with van der Waals surface area (Å²) in [4.78, 5) is 36.3. The number of fused-ring (bicyclic) bond motifs is 1. The molecular formula is C17H19N5O2S. The van der Waals surface area contributed by atoms with Crippen molar-refractivity contribution in [3.63, 3.8) is 0 Å². The van der Waals surface area contributed by atoms with Crippen molar-refractivity contribution in [2.45, 2.75) is 19.4 Å². The Morgan fingerprint density at radius 3 is 3.04 bits per heavy atom. The van der Waals surface area contributed by atoms with Gasteiger partial charge in [0, 0.05) is 30.6 Å². The van der Waals surface area contributed by atoms with Crippen molar-refractivity contribution >= 4 is 28.3 Å². The Labute approximate surface area is 149 Å². The van der Waals surface area contributed by atoms with Crippen LogP contribution in [0.4, 0.5) is 5.13 Å². The molecule has 130 valence electrons. The number of carbonyl (C=O) groups is 2. The smallest absolute Gasteiger partial charge is 0.272 e. The summed E-state index contributed by atoms with van der Waals surface area (Å²) in [6.45, 7) is 2.75. The van der Waals surface area contributed by atoms with Crippen molar-refractivity contribution in [2.24, 2.45) is 5.92 Å². The normalized spacial score (nSPS) is 19.5. The van der Waals surface area contributed by atoms with Crippen LogP contribution in [0, 0.1) is 5.92 Å². The molecule has 1 fully saturated rings. The summed E-state index contributed by atoms with van der Waals surface area (Å²) in [5, 5.41) is 6.76. The van der Waals surface area contributed by atoms with E-state index < -0.39 is 0 Å². The van der Waals surface area contributed by atoms with E-state index in [0.29, 0.717) is 30.3 Å². The summed E-state index contributed by atoms with van der Waals surface area (Å²) in [7, 11) is 0. The zero-order valence-corrected chi connectivity index (χ0v) is 14.5. The van der Waals surface area contributed by atoms with Gasteiger partial charge in [0.25, 0.3) is 5.91 Å². The van der Waals surface area contributed by atoms with Gasteiger partial charge in [-0.25, -0.2) is 4.98 Å². The maximum absolute atomic E-state index is 12.5. The molecular weight excluding hydrogens is 338 g/mol. The van der Waals surface area contributed by atoms with Gasteiger partial charge in [0.1, 0.15) is 5.69 Å². The minimum absolute atomic E-state index is 0.0168. The lowest BCUT2D eigenvalue weighted by Crippen LogP contribution is -2.35. The van der Waals surface area contributed by atoms with E-state index in [1.807, 2.05) is 6.07 Å². The molecule has 2 aromatic heterocycles. The number of hydrogen-bond acceptors (Lipinski definition) is 6. The van der Waals surface area contributed by atoms with Crippen LogP contribution in [0.1, 0.15) is 27.5 Å². The van der Waals surface area contributed by atoms with E-state index in [4.69, 9.17) is 0 Å². The number of anilines is 1. The van der Waals surface area contributed by atoms with Crippen molar-refractivity contribution in [1.29, 1.82) is 0 Å². The van der Waals surface area contributed by atoms with Crippen molar-refractivity contribution in [3.05, 3.63) is 40.7 Å². The molecule has 1 unspecified atom stereocenters. The quantitative estimate of drug-likeness (QED) is 0.864. The minimum atomic E-state index is -0.0673. The number of hydrogen-bond donors (Lipinski definition) is 2. The van der Waals surface area contributed by atoms with Gasteiger partial charge < -0.3 is 15.5 Å². The summed E-state index contributed by atoms with van der Waals surface area (Å²) >= 11 is 1.46. The maximum Gasteiger partial charge on any atom is 0.272 e. The van der Waals surface area contributed by atoms with Gasteiger partial charge in [0.15, 0.2) is 5.13 Å². The molecule has 0 aliphatic carbocycles. The molecule has 4 rings (SSSR count). The van der Waals surface area contributed by atoms with Crippen LogP contribution in [0.5, 0.6) is 0 Å². The number of aromatic nitrogens is 2. The standard InChI is InChI=1S/C17H19N5O2S/c23-15(11-4-7-18-9-11)21-17-20-12-5-8-22(10-14(12)25-17)16(24)13-3-1-2-6-19-13/h1-3,6,11,18H,4-5,7-10H2,(H,20,21,23). The van der Waals surface area contributed by atoms with E-state index in [9.17, 15) is 9.59 Å². The molecule has 1 saturated heterocycles. The molecule has 25 heavy (non-hydrogen) atoms. The van der Waals surface area contributed by atoms with Crippen LogP contribution in [0.3, 0.4) is 0 Å². The monoisotopic (exact) mass is 357 g/mol. The van der Waals surface area contributed by atoms with Crippen LogP contribution in [0.2, 0.25) is 0 Å². The first-order valence-electron chi connectivity index (χ1n) is 8.41. The van der Waals surface area contributed by atoms with Crippen LogP contribution in [0.25, 0.3) is 0 Å². The highest BCUT2D eigenvalue weighted by atomic mass is 32.1. The molecule has 2 amide bonds. The van der Waals surface area contributed by atoms with Gasteiger partial charge in [0.05, 0.1) is 18.2 Å². The van der Waals surface area contributed by atoms with E-state index in [1.54, 1.807) is 23.2 Å². The Balaban J connectivity index is 1.44. The lowest BCUT2D eigenvalue weighted by Gasteiger charge is -2.25. The molecule has 2 N–H and O–H groups in total. The third-order valence-corrected chi connectivity index (χ3v) is 5.56. The molecule has 0 spiro atoms. The highest BCUT2D eigenvalue weighted by Crippen LogP contribution is 2.29. The largest absolute Gasteiger partial charge is 0.332 e. The van der Waals surface area contributed by atoms with Gasteiger partial charge in [-0.05, 0) is 25.1 Å². The Morgan fingerprint density at radius 1 is 1.36 bits per heavy atom. The summed E-state index contributed by atoms with van der Waals surface area (Å²) in [5.41, 5.74) is 1.44. The molecule has 8 heteroatoms. The fraction of sp³-hybridized carbons (Fsp3) is 0.412. The summed E-state index contributed by atoms with van der Waals surface area (Å²) in [5.74, 6) is -0.0251. The maximum atomic E-state index is 12.5. The van der Waals surface area contributed by atoms with E-state index in [-0.39, 0.29) is 17.7 Å². The van der Waals surface area contributed by atoms with Crippen molar-refractivity contribution in [3.8, 4) is 0 Å². The van der Waals surface area contributed by atoms with Crippen molar-refractivity contribution in [1.82, 2.24) is 20.2 Å². The number of pyridine rings is 1. The van der Waals surface area contributed by atoms with Crippen LogP contribution in [-0.2, 0) is 17.8 Å². The molecule has 0 radical (unpaired) electrons. The van der Waals surface area contributed by atoms with Crippen LogP contribution in [0.15, 0.2) is 24.4 Å². The fourth-order valence-electron chi connectivity index (χ4n) is 3.16. The average Bonchev–Trinajstić information content (AvgIpc) is 3.30. The number of nitrogens with zero attached hydrogens (tertiary/aromatic N) is 3. The first-order chi connectivity index (χ1) is 12.2. The number of rotatable bonds is 3. The number of thiazole rings is 1. The van der Waals surface area contributed by atoms with Gasteiger partial charge in [-0.3, -0.25) is 14.6 Å². The number of carbonyl (C=O) groups excluding carboxylic acids is 2. The molecule has 7 nitrogen and oxygen atoms in total. The zero-order chi connectivity index (χ0) is 17.2. The average molecular weight is 357 g/mol. The zero-order valence-electron chi connectivity index (χ0n) is 13.7. The van der Waals surface area contributed by atoms with Gasteiger partial charge >= 0.3 is 0 Å². The Hall–Kier alpha value is -2.32. The fourth-order valence-corrected chi connectivity index (χ4v) is 4.19. The Morgan fingerprint density at radius 2 is 2.28 bits per heavy atom. The van der Waals surface area contributed by atoms with Crippen LogP contribution < -0.4 is 10.6 Å². The lowest BCUT2D eigenvalue weighted by molar-refractivity contribution is -0.119. The number of nitrogens with one attached hydrogen (secondary N) is 2. The molecule has 2 aliphatic heterocycles. The van der Waals surface area contributed by atoms with E-state index in [2.05, 4.69) is 20.6 Å². The molecule has 0 saturated carbocycles. The number of amides is 2. The van der Waals surface area contributed by atoms with E-state index in [0.717, 1.165) is 30.1 Å². The topological polar surface area (TPSA) is 87.2 Å². The SMILES string of the molecule is O=C(Nc1nc2c(s1)CN(C(=O)c1ccccn1)CC2)C1CCNC1. The van der Waals surface area contributed by atoms with Crippen molar-refractivity contribution < 1.29 is 9.59 Å². The first kappa shape index (κ1) is 16.2. The molecule has 4 heterocycles. The third kappa shape index (κ3) is 3.40. The van der Waals surface area contributed by atoms with Gasteiger partial charge in [-0.15, -0.1) is 0 Å². The predicted molar refractivity (Wildman–Crippen MR) is 94.4 cm³/mol. The Bertz CT molecular complexity index is 786. The minimum Gasteiger partial charge on any atom is -0.332 e. The van der Waals surface area contributed by atoms with Gasteiger partial charge in [-0.2, -0.15) is 0 Å². The lowest BCUT2D eigenvalue weighted by atomic mass is 10.1. The third-order valence-electron chi connectivity index (χ3n) is 4.56. The predicted octanol–water partition coefficient (Wildman–Crippen LogP) is 1.28. The highest BCUT2D eigenvalue weighted by molar-refractivity contribution is 7.15. The van der Waals surface area contributed by atoms with Gasteiger partial charge in [0.2, 0.25) is 5.91 Å². The second-order valence-electron chi connectivity index (χ2n) is 6.26. The Kier molecular flexibility index (Phi) is 4.46. The second-order valence-corrected chi connectivity index (χ2v) is 7.34. The molecule has 2 aliphatic rings. The molecule has 0 bridgehead atoms. The second kappa shape index (κ2) is 6.89. The molecule has 2 aromatic rings. The van der Waals surface area contributed by atoms with Crippen LogP contribution in [-0.4, -0.2) is 46.3 Å². The summed E-state index contributed by atoms with van der Waals surface area (Å²) in [6.07, 6.45) is 3.19. The van der Waals surface area contributed by atoms with Crippen molar-refractivity contribution in [2.75, 3.05) is 25.0 Å². The highest BCUT2D eigenvalue weighted by Gasteiger charge is 2.27. The van der Waals surface area contributed by atoms with E-state index in [1.165, 1.54) is 11.3 Å². The first-order valence-corrected chi connectivity index (χ1v) is 9.23. The van der Waals surface area contributed by atoms with Crippen LogP contribution >= 0.6 is 11.3 Å². The summed E-state index contributed by atoms with van der Waals surface area (Å²) < 4.78 is 0. The molecule has 0 aromatic carbocycles.